The van der Waals surface area contributed by atoms with Crippen LogP contribution in [0.15, 0.2) is 35.1 Å². The molecule has 1 amide bonds. The van der Waals surface area contributed by atoms with Gasteiger partial charge in [0.1, 0.15) is 15.3 Å². The fraction of sp³-hybridized carbons (Fsp3) is 0.455. The Morgan fingerprint density at radius 1 is 1.39 bits per heavy atom. The van der Waals surface area contributed by atoms with Crippen molar-refractivity contribution in [2.24, 2.45) is 5.41 Å². The van der Waals surface area contributed by atoms with Crippen LogP contribution >= 0.6 is 15.9 Å². The van der Waals surface area contributed by atoms with Gasteiger partial charge in [-0.3, -0.25) is 4.79 Å². The maximum Gasteiger partial charge on any atom is 0.225 e. The van der Waals surface area contributed by atoms with Crippen LogP contribution in [0.25, 0.3) is 16.7 Å². The number of aromatic nitrogens is 4. The topological polar surface area (TPSA) is 119 Å². The van der Waals surface area contributed by atoms with Crippen LogP contribution in [0.2, 0.25) is 0 Å². The van der Waals surface area contributed by atoms with Gasteiger partial charge >= 0.3 is 0 Å². The van der Waals surface area contributed by atoms with E-state index in [0.29, 0.717) is 29.0 Å². The summed E-state index contributed by atoms with van der Waals surface area (Å²) in [6.45, 7) is 3.68. The van der Waals surface area contributed by atoms with Crippen molar-refractivity contribution in [1.82, 2.24) is 25.1 Å². The van der Waals surface area contributed by atoms with Crippen LogP contribution in [0.5, 0.6) is 0 Å². The van der Waals surface area contributed by atoms with Crippen molar-refractivity contribution in [2.45, 2.75) is 50.8 Å². The molecule has 2 heterocycles. The average molecular weight is 535 g/mol. The van der Waals surface area contributed by atoms with Gasteiger partial charge in [-0.25, -0.2) is 18.1 Å². The van der Waals surface area contributed by atoms with Gasteiger partial charge < -0.3 is 10.6 Å². The average Bonchev–Trinajstić information content (AvgIpc) is 3.33. The smallest absolute Gasteiger partial charge is 0.225 e. The van der Waals surface area contributed by atoms with E-state index < -0.39 is 21.4 Å². The molecule has 2 N–H and O–H groups in total. The number of fused-ring (bicyclic) bond motifs is 1. The zero-order valence-electron chi connectivity index (χ0n) is 18.7. The van der Waals surface area contributed by atoms with Crippen LogP contribution in [0.1, 0.15) is 38.7 Å². The quantitative estimate of drug-likeness (QED) is 0.398. The van der Waals surface area contributed by atoms with Crippen molar-refractivity contribution >= 4 is 49.5 Å². The van der Waals surface area contributed by atoms with Gasteiger partial charge in [0.15, 0.2) is 5.65 Å². The first kappa shape index (κ1) is 23.6. The van der Waals surface area contributed by atoms with Crippen LogP contribution in [0, 0.1) is 5.41 Å². The maximum absolute atomic E-state index is 12.2. The molecular weight excluding hydrogens is 508 g/mol. The summed E-state index contributed by atoms with van der Waals surface area (Å²) in [4.78, 5) is 21.4. The van der Waals surface area contributed by atoms with Crippen molar-refractivity contribution < 1.29 is 13.2 Å². The predicted molar refractivity (Wildman–Crippen MR) is 131 cm³/mol. The van der Waals surface area contributed by atoms with Gasteiger partial charge in [-0.15, -0.1) is 0 Å². The van der Waals surface area contributed by atoms with Crippen molar-refractivity contribution in [3.05, 3.63) is 40.6 Å². The predicted octanol–water partition coefficient (Wildman–Crippen LogP) is 2.84. The van der Waals surface area contributed by atoms with E-state index in [4.69, 9.17) is 4.98 Å². The molecule has 2 aromatic heterocycles. The third kappa shape index (κ3) is 4.89. The highest BCUT2D eigenvalue weighted by atomic mass is 79.9. The number of nitrogens with zero attached hydrogens (tertiary/aromatic N) is 4. The van der Waals surface area contributed by atoms with Crippen LogP contribution in [0.3, 0.4) is 0 Å². The number of hydrogen-bond donors (Lipinski definition) is 3. The summed E-state index contributed by atoms with van der Waals surface area (Å²) in [5.41, 5.74) is 1.93. The second-order valence-corrected chi connectivity index (χ2v) is 11.1. The lowest BCUT2D eigenvalue weighted by atomic mass is 9.87. The van der Waals surface area contributed by atoms with Crippen molar-refractivity contribution in [3.63, 3.8) is 0 Å². The molecule has 0 bridgehead atoms. The third-order valence-electron chi connectivity index (χ3n) is 6.28. The summed E-state index contributed by atoms with van der Waals surface area (Å²) < 4.78 is 24.9. The summed E-state index contributed by atoms with van der Waals surface area (Å²) in [7, 11) is -0.814. The number of amides is 1. The first-order chi connectivity index (χ1) is 15.7. The standard InChI is InChI=1S/C22H27BrN6O3S/c1-13(33(31)32)9-14-5-4-6-16(10-14)29-19-17(18(23)28-29)12-25-21(27-19)26-15-7-8-22(2,11-15)20(30)24-3/h4-6,10,12-13,15,33H,7-9,11H2,1-3H3,(H,24,30)(H,25,26,27)/t13?,15-,22-/m1/s1. The van der Waals surface area contributed by atoms with Crippen molar-refractivity contribution in [1.29, 1.82) is 0 Å². The van der Waals surface area contributed by atoms with E-state index in [1.54, 1.807) is 24.9 Å². The van der Waals surface area contributed by atoms with Gasteiger partial charge in [0.25, 0.3) is 0 Å². The molecule has 4 rings (SSSR count). The Balaban J connectivity index is 1.61. The second kappa shape index (κ2) is 9.38. The molecule has 0 aliphatic heterocycles. The van der Waals surface area contributed by atoms with Gasteiger partial charge in [0, 0.05) is 24.7 Å². The normalized spacial score (nSPS) is 21.4. The number of thiol groups is 1. The first-order valence-corrected chi connectivity index (χ1v) is 12.9. The van der Waals surface area contributed by atoms with Crippen molar-refractivity contribution in [2.75, 3.05) is 12.4 Å². The SMILES string of the molecule is CNC(=O)[C@]1(C)CC[C@@H](Nc2ncc3c(Br)nn(-c4cccc(CC(C)[SH](=O)=O)c4)c3n2)C1. The highest BCUT2D eigenvalue weighted by Gasteiger charge is 2.40. The molecule has 0 radical (unpaired) electrons. The molecule has 1 saturated carbocycles. The third-order valence-corrected chi connectivity index (χ3v) is 7.76. The molecule has 33 heavy (non-hydrogen) atoms. The van der Waals surface area contributed by atoms with E-state index in [2.05, 4.69) is 36.6 Å². The Morgan fingerprint density at radius 3 is 2.91 bits per heavy atom. The molecule has 1 unspecified atom stereocenters. The van der Waals surface area contributed by atoms with E-state index in [1.165, 1.54) is 0 Å². The lowest BCUT2D eigenvalue weighted by Crippen LogP contribution is -2.35. The van der Waals surface area contributed by atoms with E-state index in [9.17, 15) is 13.2 Å². The number of benzene rings is 1. The lowest BCUT2D eigenvalue weighted by Gasteiger charge is -2.22. The Hall–Kier alpha value is -2.53. The Morgan fingerprint density at radius 2 is 2.18 bits per heavy atom. The van der Waals surface area contributed by atoms with Gasteiger partial charge in [0.2, 0.25) is 11.9 Å². The van der Waals surface area contributed by atoms with E-state index in [-0.39, 0.29) is 11.9 Å². The molecule has 9 nitrogen and oxygen atoms in total. The first-order valence-electron chi connectivity index (χ1n) is 10.8. The zero-order valence-corrected chi connectivity index (χ0v) is 21.2. The van der Waals surface area contributed by atoms with Crippen LogP contribution in [-0.4, -0.2) is 52.4 Å². The Labute approximate surface area is 202 Å². The molecule has 3 aromatic rings. The number of hydrogen-bond acceptors (Lipinski definition) is 7. The number of carbonyl (C=O) groups is 1. The lowest BCUT2D eigenvalue weighted by molar-refractivity contribution is -0.129. The van der Waals surface area contributed by atoms with Crippen LogP contribution < -0.4 is 10.6 Å². The molecule has 0 saturated heterocycles. The number of halogens is 1. The minimum Gasteiger partial charge on any atom is -0.359 e. The van der Waals surface area contributed by atoms with Crippen LogP contribution in [-0.2, 0) is 21.9 Å². The second-order valence-electron chi connectivity index (χ2n) is 8.87. The molecule has 0 spiro atoms. The maximum atomic E-state index is 12.2. The molecule has 3 atom stereocenters. The summed E-state index contributed by atoms with van der Waals surface area (Å²) in [5, 5.41) is 11.0. The van der Waals surface area contributed by atoms with Gasteiger partial charge in [-0.2, -0.15) is 10.1 Å². The largest absolute Gasteiger partial charge is 0.359 e. The monoisotopic (exact) mass is 534 g/mol. The fourth-order valence-electron chi connectivity index (χ4n) is 4.40. The van der Waals surface area contributed by atoms with E-state index >= 15 is 0 Å². The van der Waals surface area contributed by atoms with E-state index in [1.807, 2.05) is 31.2 Å². The number of anilines is 1. The molecule has 1 fully saturated rings. The summed E-state index contributed by atoms with van der Waals surface area (Å²) in [5.74, 6) is 0.538. The van der Waals surface area contributed by atoms with Gasteiger partial charge in [-0.1, -0.05) is 19.1 Å². The van der Waals surface area contributed by atoms with E-state index in [0.717, 1.165) is 29.5 Å². The minimum atomic E-state index is -2.48. The van der Waals surface area contributed by atoms with Crippen LogP contribution in [0.4, 0.5) is 5.95 Å². The molecule has 176 valence electrons. The molecular formula is C22H27BrN6O3S. The van der Waals surface area contributed by atoms with Crippen molar-refractivity contribution in [3.8, 4) is 5.69 Å². The molecule has 1 aliphatic rings. The van der Waals surface area contributed by atoms with Gasteiger partial charge in [0.05, 0.1) is 16.3 Å². The summed E-state index contributed by atoms with van der Waals surface area (Å²) >= 11 is 3.49. The number of nitrogens with one attached hydrogen (secondary N) is 2. The summed E-state index contributed by atoms with van der Waals surface area (Å²) in [6.07, 6.45) is 4.52. The molecule has 1 aromatic carbocycles. The summed E-state index contributed by atoms with van der Waals surface area (Å²) in [6, 6.07) is 7.73. The number of carbonyl (C=O) groups excluding carboxylic acids is 1. The fourth-order valence-corrected chi connectivity index (χ4v) is 5.20. The minimum absolute atomic E-state index is 0.0564. The Kier molecular flexibility index (Phi) is 6.71. The van der Waals surface area contributed by atoms with Gasteiger partial charge in [-0.05, 0) is 66.2 Å². The zero-order chi connectivity index (χ0) is 23.8. The molecule has 1 aliphatic carbocycles. The highest BCUT2D eigenvalue weighted by Crippen LogP contribution is 2.39. The Bertz CT molecular complexity index is 1270. The highest BCUT2D eigenvalue weighted by molar-refractivity contribution is 9.10. The number of rotatable bonds is 7. The molecule has 11 heteroatoms.